The van der Waals surface area contributed by atoms with Gasteiger partial charge in [0, 0.05) is 0 Å². The van der Waals surface area contributed by atoms with Crippen molar-refractivity contribution < 1.29 is 14.7 Å². The van der Waals surface area contributed by atoms with E-state index < -0.39 is 12.1 Å². The van der Waals surface area contributed by atoms with Crippen LogP contribution in [0.25, 0.3) is 0 Å². The zero-order chi connectivity index (χ0) is 5.86. The van der Waals surface area contributed by atoms with Crippen LogP contribution in [0, 0.1) is 0 Å². The molecule has 6 heteroatoms. The van der Waals surface area contributed by atoms with Crippen molar-refractivity contribution >= 4 is 31.0 Å². The Bertz CT molecular complexity index is 91.5. The van der Waals surface area contributed by atoms with E-state index in [-0.39, 0.29) is 18.9 Å². The van der Waals surface area contributed by atoms with E-state index in [2.05, 4.69) is 5.73 Å². The monoisotopic (exact) mass is 112 g/mol. The molecule has 0 aromatic rings. The Morgan fingerprint density at radius 2 is 1.88 bits per heavy atom. The van der Waals surface area contributed by atoms with E-state index in [0.717, 1.165) is 0 Å². The zero-order valence-corrected chi connectivity index (χ0v) is 3.34. The van der Waals surface area contributed by atoms with Crippen LogP contribution in [0.3, 0.4) is 0 Å². The predicted molar refractivity (Wildman–Crippen MR) is 27.9 cm³/mol. The topological polar surface area (TPSA) is 92.4 Å². The third-order valence-electron chi connectivity index (χ3n) is 0.230. The fraction of sp³-hybridized carbons (Fsp3) is 0. The Morgan fingerprint density at radius 3 is 1.88 bits per heavy atom. The number of carbonyl (C=O) groups is 2. The summed E-state index contributed by atoms with van der Waals surface area (Å²) in [6.45, 7) is 0. The van der Waals surface area contributed by atoms with Crippen molar-refractivity contribution in [2.24, 2.45) is 5.73 Å². The van der Waals surface area contributed by atoms with Gasteiger partial charge in [-0.05, 0) is 0 Å². The van der Waals surface area contributed by atoms with Crippen LogP contribution in [0.2, 0.25) is 0 Å². The summed E-state index contributed by atoms with van der Waals surface area (Å²) in [5.74, 6) is 0. The first kappa shape index (κ1) is 10.3. The van der Waals surface area contributed by atoms with Crippen LogP contribution in [0.5, 0.6) is 0 Å². The molecule has 42 valence electrons. The Kier molecular flexibility index (Phi) is 5.81. The van der Waals surface area contributed by atoms with Crippen molar-refractivity contribution in [3.8, 4) is 0 Å². The number of carboxylic acid groups (broad SMARTS) is 1. The van der Waals surface area contributed by atoms with Gasteiger partial charge in [-0.2, -0.15) is 0 Å². The summed E-state index contributed by atoms with van der Waals surface area (Å²) in [6, 6.07) is -1.06. The van der Waals surface area contributed by atoms with E-state index in [4.69, 9.17) is 5.11 Å². The molecule has 0 aliphatic carbocycles. The molecule has 0 aliphatic heterocycles. The van der Waals surface area contributed by atoms with Crippen molar-refractivity contribution in [3.05, 3.63) is 0 Å². The molecule has 0 rings (SSSR count). The second-order valence-corrected chi connectivity index (χ2v) is 0.794. The third kappa shape index (κ3) is 9.02. The van der Waals surface area contributed by atoms with Gasteiger partial charge in [0.1, 0.15) is 0 Å². The van der Waals surface area contributed by atoms with Gasteiger partial charge in [-0.15, -0.1) is 0 Å². The van der Waals surface area contributed by atoms with Gasteiger partial charge in [0.15, 0.2) is 0 Å². The molecule has 0 heterocycles. The van der Waals surface area contributed by atoms with Gasteiger partial charge in [-0.25, -0.2) is 14.9 Å². The molecule has 0 atom stereocenters. The Balaban J connectivity index is 0. The van der Waals surface area contributed by atoms with Gasteiger partial charge < -0.3 is 10.8 Å². The summed E-state index contributed by atoms with van der Waals surface area (Å²) in [6.07, 6.45) is -1.44. The third-order valence-corrected chi connectivity index (χ3v) is 0.230. The number of hydrogen-bond donors (Lipinski definition) is 3. The van der Waals surface area contributed by atoms with E-state index in [1.807, 2.05) is 0 Å². The van der Waals surface area contributed by atoms with E-state index in [0.29, 0.717) is 0 Å². The molecule has 0 aromatic carbocycles. The molecule has 0 radical (unpaired) electrons. The van der Waals surface area contributed by atoms with E-state index in [1.54, 1.807) is 0 Å². The van der Waals surface area contributed by atoms with Crippen molar-refractivity contribution in [1.29, 1.82) is 0 Å². The molecule has 0 unspecified atom stereocenters. The van der Waals surface area contributed by atoms with Gasteiger partial charge in [0.2, 0.25) is 0 Å². The Morgan fingerprint density at radius 1 is 1.50 bits per heavy atom. The van der Waals surface area contributed by atoms with Crippen LogP contribution in [0.15, 0.2) is 0 Å². The standard InChI is InChI=1S/C2H4N2O3.Li.H/c3-1(5)4-2(6)7;;/h(H,6,7)(H3,3,4,5);;. The average molecular weight is 112 g/mol. The van der Waals surface area contributed by atoms with E-state index in [1.165, 1.54) is 5.32 Å². The van der Waals surface area contributed by atoms with Gasteiger partial charge in [0.25, 0.3) is 0 Å². The molecule has 0 saturated heterocycles. The second-order valence-electron chi connectivity index (χ2n) is 0.794. The van der Waals surface area contributed by atoms with Crippen LogP contribution in [-0.2, 0) is 0 Å². The molecule has 0 spiro atoms. The Hall–Kier alpha value is -0.663. The number of hydrogen-bond acceptors (Lipinski definition) is 2. The SMILES string of the molecule is NC(=O)NC(=O)O.[LiH]. The molecule has 4 N–H and O–H groups in total. The number of amides is 3. The van der Waals surface area contributed by atoms with Crippen molar-refractivity contribution in [2.75, 3.05) is 0 Å². The summed E-state index contributed by atoms with van der Waals surface area (Å²) in [4.78, 5) is 18.9. The minimum atomic E-state index is -1.44. The van der Waals surface area contributed by atoms with Crippen molar-refractivity contribution in [1.82, 2.24) is 5.32 Å². The average Bonchev–Trinajstić information content (AvgIpc) is 1.27. The summed E-state index contributed by atoms with van der Waals surface area (Å²) in [5, 5.41) is 9.03. The van der Waals surface area contributed by atoms with Crippen molar-refractivity contribution in [3.63, 3.8) is 0 Å². The number of urea groups is 1. The maximum absolute atomic E-state index is 9.54. The molecule has 3 amide bonds. The molecular formula is C2H5LiN2O3. The minimum absolute atomic E-state index is 0. The van der Waals surface area contributed by atoms with E-state index in [9.17, 15) is 9.59 Å². The van der Waals surface area contributed by atoms with Crippen LogP contribution >= 0.6 is 0 Å². The number of rotatable bonds is 0. The van der Waals surface area contributed by atoms with Gasteiger partial charge in [0.05, 0.1) is 0 Å². The predicted octanol–water partition coefficient (Wildman–Crippen LogP) is -1.32. The molecule has 8 heavy (non-hydrogen) atoms. The first-order valence-electron chi connectivity index (χ1n) is 1.42. The van der Waals surface area contributed by atoms with Gasteiger partial charge in [-0.3, -0.25) is 0 Å². The summed E-state index contributed by atoms with van der Waals surface area (Å²) in [7, 11) is 0. The summed E-state index contributed by atoms with van der Waals surface area (Å²) < 4.78 is 0. The number of nitrogens with two attached hydrogens (primary N) is 1. The normalized spacial score (nSPS) is 6.50. The number of nitrogens with one attached hydrogen (secondary N) is 1. The summed E-state index contributed by atoms with van der Waals surface area (Å²) >= 11 is 0. The maximum atomic E-state index is 9.54. The number of carbonyl (C=O) groups excluding carboxylic acids is 1. The number of imide groups is 1. The molecule has 5 nitrogen and oxygen atoms in total. The van der Waals surface area contributed by atoms with Crippen LogP contribution < -0.4 is 11.1 Å². The first-order valence-corrected chi connectivity index (χ1v) is 1.42. The van der Waals surface area contributed by atoms with Crippen LogP contribution in [0.4, 0.5) is 9.59 Å². The fourth-order valence-electron chi connectivity index (χ4n) is 0.105. The molecule has 0 aliphatic rings. The quantitative estimate of drug-likeness (QED) is 0.339. The second kappa shape index (κ2) is 4.50. The molecule has 0 bridgehead atoms. The van der Waals surface area contributed by atoms with Gasteiger partial charge >= 0.3 is 31.0 Å². The van der Waals surface area contributed by atoms with Gasteiger partial charge in [-0.1, -0.05) is 0 Å². The number of primary amides is 1. The fourth-order valence-corrected chi connectivity index (χ4v) is 0.105. The summed E-state index contributed by atoms with van der Waals surface area (Å²) in [5.41, 5.74) is 4.36. The molecule has 0 aromatic heterocycles. The molecular weight excluding hydrogens is 107 g/mol. The zero-order valence-electron chi connectivity index (χ0n) is 3.34. The van der Waals surface area contributed by atoms with Crippen molar-refractivity contribution in [2.45, 2.75) is 0 Å². The van der Waals surface area contributed by atoms with E-state index >= 15 is 0 Å². The Labute approximate surface area is 57.4 Å². The molecule has 0 fully saturated rings. The molecule has 0 saturated carbocycles. The first-order chi connectivity index (χ1) is 3.13. The van der Waals surface area contributed by atoms with Crippen LogP contribution in [0.1, 0.15) is 0 Å². The van der Waals surface area contributed by atoms with Crippen LogP contribution in [-0.4, -0.2) is 36.1 Å².